The minimum atomic E-state index is 0.332. The second-order valence-electron chi connectivity index (χ2n) is 4.91. The maximum atomic E-state index is 8.79. The standard InChI is InChI=1S/C12H21N5/c1-10(2)7-17-12(14-9-15-17)8-16(6-5-13)11(3)4/h9-11H,6-8H2,1-4H3. The first-order valence-electron chi connectivity index (χ1n) is 6.02. The van der Waals surface area contributed by atoms with Gasteiger partial charge in [0.1, 0.15) is 12.2 Å². The Morgan fingerprint density at radius 2 is 2.12 bits per heavy atom. The molecule has 5 nitrogen and oxygen atoms in total. The molecular formula is C12H21N5. The van der Waals surface area contributed by atoms with Crippen LogP contribution in [0.3, 0.4) is 0 Å². The first-order chi connectivity index (χ1) is 8.04. The van der Waals surface area contributed by atoms with Crippen molar-refractivity contribution in [2.75, 3.05) is 6.54 Å². The van der Waals surface area contributed by atoms with Gasteiger partial charge in [0.2, 0.25) is 0 Å². The van der Waals surface area contributed by atoms with E-state index in [9.17, 15) is 0 Å². The molecule has 0 aromatic carbocycles. The molecule has 94 valence electrons. The molecule has 0 N–H and O–H groups in total. The van der Waals surface area contributed by atoms with Gasteiger partial charge in [-0.1, -0.05) is 13.8 Å². The zero-order valence-electron chi connectivity index (χ0n) is 11.1. The summed E-state index contributed by atoms with van der Waals surface area (Å²) in [6.45, 7) is 10.4. The Morgan fingerprint density at radius 1 is 1.41 bits per heavy atom. The van der Waals surface area contributed by atoms with Gasteiger partial charge in [-0.05, 0) is 19.8 Å². The normalized spacial score (nSPS) is 11.4. The van der Waals surface area contributed by atoms with Crippen LogP contribution in [0.25, 0.3) is 0 Å². The SMILES string of the molecule is CC(C)Cn1ncnc1CN(CC#N)C(C)C. The van der Waals surface area contributed by atoms with Crippen LogP contribution >= 0.6 is 0 Å². The van der Waals surface area contributed by atoms with E-state index < -0.39 is 0 Å². The van der Waals surface area contributed by atoms with Crippen LogP contribution in [0.5, 0.6) is 0 Å². The highest BCUT2D eigenvalue weighted by Gasteiger charge is 2.14. The predicted octanol–water partition coefficient (Wildman–Crippen LogP) is 1.67. The van der Waals surface area contributed by atoms with Gasteiger partial charge in [-0.2, -0.15) is 10.4 Å². The van der Waals surface area contributed by atoms with E-state index in [0.717, 1.165) is 12.4 Å². The third-order valence-electron chi connectivity index (χ3n) is 2.58. The first kappa shape index (κ1) is 13.7. The van der Waals surface area contributed by atoms with Crippen LogP contribution in [0.4, 0.5) is 0 Å². The van der Waals surface area contributed by atoms with Crippen molar-refractivity contribution < 1.29 is 0 Å². The molecule has 0 aliphatic rings. The molecule has 1 heterocycles. The molecule has 0 spiro atoms. The molecule has 1 rings (SSSR count). The lowest BCUT2D eigenvalue weighted by molar-refractivity contribution is 0.228. The monoisotopic (exact) mass is 235 g/mol. The van der Waals surface area contributed by atoms with E-state index >= 15 is 0 Å². The summed E-state index contributed by atoms with van der Waals surface area (Å²) in [5.41, 5.74) is 0. The van der Waals surface area contributed by atoms with Crippen LogP contribution in [-0.4, -0.2) is 32.3 Å². The molecule has 0 saturated carbocycles. The number of aromatic nitrogens is 3. The number of nitrogens with zero attached hydrogens (tertiary/aromatic N) is 5. The molecule has 17 heavy (non-hydrogen) atoms. The number of hydrogen-bond donors (Lipinski definition) is 0. The molecule has 0 aliphatic carbocycles. The topological polar surface area (TPSA) is 57.7 Å². The Bertz CT molecular complexity index is 374. The Labute approximate surface area is 103 Å². The lowest BCUT2D eigenvalue weighted by Gasteiger charge is -2.23. The summed E-state index contributed by atoms with van der Waals surface area (Å²) < 4.78 is 1.93. The first-order valence-corrected chi connectivity index (χ1v) is 6.02. The van der Waals surface area contributed by atoms with Crippen LogP contribution < -0.4 is 0 Å². The predicted molar refractivity (Wildman–Crippen MR) is 66.0 cm³/mol. The Morgan fingerprint density at radius 3 is 2.65 bits per heavy atom. The van der Waals surface area contributed by atoms with Crippen molar-refractivity contribution in [3.63, 3.8) is 0 Å². The summed E-state index contributed by atoms with van der Waals surface area (Å²) in [6, 6.07) is 2.52. The van der Waals surface area contributed by atoms with Gasteiger partial charge in [0, 0.05) is 12.6 Å². The summed E-state index contributed by atoms with van der Waals surface area (Å²) >= 11 is 0. The average Bonchev–Trinajstić information content (AvgIpc) is 2.64. The van der Waals surface area contributed by atoms with Gasteiger partial charge >= 0.3 is 0 Å². The van der Waals surface area contributed by atoms with E-state index in [1.807, 2.05) is 4.68 Å². The zero-order valence-corrected chi connectivity index (χ0v) is 11.1. The fraction of sp³-hybridized carbons (Fsp3) is 0.750. The van der Waals surface area contributed by atoms with Crippen molar-refractivity contribution in [1.82, 2.24) is 19.7 Å². The van der Waals surface area contributed by atoms with Crippen molar-refractivity contribution >= 4 is 0 Å². The zero-order chi connectivity index (χ0) is 12.8. The minimum Gasteiger partial charge on any atom is -0.281 e. The lowest BCUT2D eigenvalue weighted by atomic mass is 10.2. The van der Waals surface area contributed by atoms with Gasteiger partial charge < -0.3 is 0 Å². The highest BCUT2D eigenvalue weighted by atomic mass is 15.3. The third-order valence-corrected chi connectivity index (χ3v) is 2.58. The van der Waals surface area contributed by atoms with Gasteiger partial charge in [-0.15, -0.1) is 0 Å². The summed E-state index contributed by atoms with van der Waals surface area (Å²) in [5, 5.41) is 13.0. The Hall–Kier alpha value is -1.41. The number of nitriles is 1. The second kappa shape index (κ2) is 6.36. The van der Waals surface area contributed by atoms with Crippen molar-refractivity contribution in [3.8, 4) is 6.07 Å². The fourth-order valence-corrected chi connectivity index (χ4v) is 1.60. The highest BCUT2D eigenvalue weighted by molar-refractivity contribution is 4.88. The second-order valence-corrected chi connectivity index (χ2v) is 4.91. The van der Waals surface area contributed by atoms with E-state index in [-0.39, 0.29) is 0 Å². The van der Waals surface area contributed by atoms with E-state index in [1.165, 1.54) is 0 Å². The quantitative estimate of drug-likeness (QED) is 0.704. The number of rotatable bonds is 6. The molecule has 0 fully saturated rings. The van der Waals surface area contributed by atoms with E-state index in [0.29, 0.717) is 25.0 Å². The maximum Gasteiger partial charge on any atom is 0.141 e. The lowest BCUT2D eigenvalue weighted by Crippen LogP contribution is -2.32. The van der Waals surface area contributed by atoms with Gasteiger partial charge in [0.05, 0.1) is 19.2 Å². The molecule has 1 aromatic heterocycles. The Balaban J connectivity index is 2.72. The van der Waals surface area contributed by atoms with Crippen molar-refractivity contribution in [2.45, 2.75) is 46.8 Å². The average molecular weight is 235 g/mol. The van der Waals surface area contributed by atoms with Crippen LogP contribution in [0.2, 0.25) is 0 Å². The van der Waals surface area contributed by atoms with Crippen LogP contribution in [-0.2, 0) is 13.1 Å². The molecule has 0 bridgehead atoms. The molecule has 1 aromatic rings. The minimum absolute atomic E-state index is 0.332. The summed E-state index contributed by atoms with van der Waals surface area (Å²) in [7, 11) is 0. The summed E-state index contributed by atoms with van der Waals surface area (Å²) in [6.07, 6.45) is 1.59. The van der Waals surface area contributed by atoms with E-state index in [1.54, 1.807) is 6.33 Å². The smallest absolute Gasteiger partial charge is 0.141 e. The molecule has 0 unspecified atom stereocenters. The highest BCUT2D eigenvalue weighted by Crippen LogP contribution is 2.07. The van der Waals surface area contributed by atoms with Crippen LogP contribution in [0.15, 0.2) is 6.33 Å². The van der Waals surface area contributed by atoms with Crippen LogP contribution in [0.1, 0.15) is 33.5 Å². The molecule has 0 amide bonds. The molecule has 0 saturated heterocycles. The molecule has 5 heteroatoms. The van der Waals surface area contributed by atoms with E-state index in [2.05, 4.69) is 48.7 Å². The third kappa shape index (κ3) is 4.16. The fourth-order valence-electron chi connectivity index (χ4n) is 1.60. The van der Waals surface area contributed by atoms with Crippen molar-refractivity contribution in [1.29, 1.82) is 5.26 Å². The molecule has 0 radical (unpaired) electrons. The van der Waals surface area contributed by atoms with Gasteiger partial charge in [0.25, 0.3) is 0 Å². The van der Waals surface area contributed by atoms with E-state index in [4.69, 9.17) is 5.26 Å². The van der Waals surface area contributed by atoms with Gasteiger partial charge in [0.15, 0.2) is 0 Å². The summed E-state index contributed by atoms with van der Waals surface area (Å²) in [5.74, 6) is 1.47. The summed E-state index contributed by atoms with van der Waals surface area (Å²) in [4.78, 5) is 6.36. The molecule has 0 aliphatic heterocycles. The van der Waals surface area contributed by atoms with Gasteiger partial charge in [-0.25, -0.2) is 9.67 Å². The van der Waals surface area contributed by atoms with Gasteiger partial charge in [-0.3, -0.25) is 4.90 Å². The number of hydrogen-bond acceptors (Lipinski definition) is 4. The molecule has 0 atom stereocenters. The maximum absolute atomic E-state index is 8.79. The molecular weight excluding hydrogens is 214 g/mol. The van der Waals surface area contributed by atoms with Crippen molar-refractivity contribution in [3.05, 3.63) is 12.2 Å². The van der Waals surface area contributed by atoms with Crippen molar-refractivity contribution in [2.24, 2.45) is 5.92 Å². The Kier molecular flexibility index (Phi) is 5.11. The largest absolute Gasteiger partial charge is 0.281 e. The van der Waals surface area contributed by atoms with Crippen LogP contribution in [0, 0.1) is 17.2 Å².